The van der Waals surface area contributed by atoms with Crippen LogP contribution >= 0.6 is 0 Å². The topological polar surface area (TPSA) is 140 Å². The Morgan fingerprint density at radius 2 is 1.82 bits per heavy atom. The Morgan fingerprint density at radius 1 is 1.08 bits per heavy atom. The number of rotatable bonds is 6. The van der Waals surface area contributed by atoms with Crippen LogP contribution in [-0.4, -0.2) is 94.7 Å². The standard InChI is InChI=1S/C31H34FN9O.C2HF3O2/c1-33-25-14-28(38-41-27(16-36-29(25)41)30(42)37-24-13-22(24)32)40-12-7-21-20(3-2-4-26(21)40)23-6-5-19(15-35-23)39-17-31(18-39)8-10-34-11-9-31;3-2(4,5)1(6)7/h2-6,14-16,22,24,33-34H,7-13,17-18H2,1H3,(H,37,42);(H,6,7)/t22-,24+;/m0./s1. The lowest BCUT2D eigenvalue weighted by Crippen LogP contribution is -2.60. The summed E-state index contributed by atoms with van der Waals surface area (Å²) < 4.78 is 46.7. The molecule has 4 aliphatic rings. The van der Waals surface area contributed by atoms with Gasteiger partial charge in [0.15, 0.2) is 17.2 Å². The van der Waals surface area contributed by atoms with Crippen molar-refractivity contribution in [1.29, 1.82) is 0 Å². The fourth-order valence-electron chi connectivity index (χ4n) is 6.85. The molecule has 1 amide bonds. The second kappa shape index (κ2) is 12.5. The minimum absolute atomic E-state index is 0.285. The molecule has 12 nitrogen and oxygen atoms in total. The van der Waals surface area contributed by atoms with Crippen molar-refractivity contribution >= 4 is 40.4 Å². The zero-order chi connectivity index (χ0) is 34.5. The van der Waals surface area contributed by atoms with Gasteiger partial charge >= 0.3 is 12.1 Å². The van der Waals surface area contributed by atoms with Gasteiger partial charge in [-0.3, -0.25) is 9.78 Å². The third-order valence-corrected chi connectivity index (χ3v) is 9.64. The van der Waals surface area contributed by atoms with Crippen LogP contribution in [0.2, 0.25) is 0 Å². The molecule has 0 radical (unpaired) electrons. The second-order valence-electron chi connectivity index (χ2n) is 12.9. The first-order valence-electron chi connectivity index (χ1n) is 16.1. The monoisotopic (exact) mass is 681 g/mol. The van der Waals surface area contributed by atoms with Gasteiger partial charge in [-0.15, -0.1) is 5.10 Å². The van der Waals surface area contributed by atoms with Crippen LogP contribution in [0.1, 0.15) is 35.3 Å². The summed E-state index contributed by atoms with van der Waals surface area (Å²) in [7, 11) is 1.82. The Labute approximate surface area is 278 Å². The summed E-state index contributed by atoms with van der Waals surface area (Å²) in [6, 6.07) is 12.2. The maximum absolute atomic E-state index is 13.4. The molecule has 16 heteroatoms. The number of alkyl halides is 4. The third-order valence-electron chi connectivity index (χ3n) is 9.64. The first-order chi connectivity index (χ1) is 23.5. The number of carboxylic acid groups (broad SMARTS) is 1. The minimum Gasteiger partial charge on any atom is -0.475 e. The molecular weight excluding hydrogens is 646 g/mol. The Morgan fingerprint density at radius 3 is 2.45 bits per heavy atom. The van der Waals surface area contributed by atoms with E-state index in [0.29, 0.717) is 23.3 Å². The van der Waals surface area contributed by atoms with Crippen molar-refractivity contribution in [3.63, 3.8) is 0 Å². The number of hydrogen-bond donors (Lipinski definition) is 4. The number of carbonyl (C=O) groups excluding carboxylic acids is 1. The van der Waals surface area contributed by atoms with Gasteiger partial charge in [-0.05, 0) is 56.1 Å². The largest absolute Gasteiger partial charge is 0.490 e. The van der Waals surface area contributed by atoms with Crippen molar-refractivity contribution < 1.29 is 32.3 Å². The average molecular weight is 682 g/mol. The number of hydrogen-bond acceptors (Lipinski definition) is 9. The van der Waals surface area contributed by atoms with Crippen LogP contribution in [0.5, 0.6) is 0 Å². The summed E-state index contributed by atoms with van der Waals surface area (Å²) in [5.41, 5.74) is 7.66. The first-order valence-corrected chi connectivity index (χ1v) is 16.1. The molecule has 1 spiro atoms. The number of amides is 1. The Hall–Kier alpha value is -4.99. The predicted octanol–water partition coefficient (Wildman–Crippen LogP) is 4.19. The van der Waals surface area contributed by atoms with Gasteiger partial charge in [0.25, 0.3) is 5.91 Å². The highest BCUT2D eigenvalue weighted by Crippen LogP contribution is 2.43. The predicted molar refractivity (Wildman–Crippen MR) is 174 cm³/mol. The highest BCUT2D eigenvalue weighted by molar-refractivity contribution is 5.94. The summed E-state index contributed by atoms with van der Waals surface area (Å²) in [6.07, 6.45) is 1.17. The van der Waals surface area contributed by atoms with Crippen molar-refractivity contribution in [2.24, 2.45) is 5.41 Å². The molecule has 2 saturated heterocycles. The van der Waals surface area contributed by atoms with Crippen molar-refractivity contribution in [3.8, 4) is 11.3 Å². The van der Waals surface area contributed by atoms with Gasteiger partial charge in [-0.2, -0.15) is 13.2 Å². The van der Waals surface area contributed by atoms with Gasteiger partial charge in [0.2, 0.25) is 0 Å². The maximum atomic E-state index is 13.4. The lowest BCUT2D eigenvalue weighted by atomic mass is 9.72. The zero-order valence-corrected chi connectivity index (χ0v) is 26.6. The quantitative estimate of drug-likeness (QED) is 0.219. The van der Waals surface area contributed by atoms with E-state index in [9.17, 15) is 22.4 Å². The normalized spacial score (nSPS) is 20.7. The van der Waals surface area contributed by atoms with Crippen molar-refractivity contribution in [1.82, 2.24) is 30.2 Å². The molecule has 4 N–H and O–H groups in total. The molecule has 0 bridgehead atoms. The first kappa shape index (κ1) is 32.6. The number of imidazole rings is 1. The lowest BCUT2D eigenvalue weighted by Gasteiger charge is -2.53. The smallest absolute Gasteiger partial charge is 0.475 e. The van der Waals surface area contributed by atoms with E-state index < -0.39 is 24.4 Å². The maximum Gasteiger partial charge on any atom is 0.490 e. The molecule has 8 rings (SSSR count). The molecule has 4 aromatic rings. The number of benzene rings is 1. The number of anilines is 4. The number of pyridine rings is 1. The second-order valence-corrected chi connectivity index (χ2v) is 12.9. The van der Waals surface area contributed by atoms with Crippen LogP contribution in [0.25, 0.3) is 16.9 Å². The number of aromatic nitrogens is 4. The third kappa shape index (κ3) is 6.32. The highest BCUT2D eigenvalue weighted by atomic mass is 19.4. The number of nitrogens with zero attached hydrogens (tertiary/aromatic N) is 6. The molecule has 49 heavy (non-hydrogen) atoms. The van der Waals surface area contributed by atoms with Gasteiger partial charge in [0.1, 0.15) is 6.17 Å². The van der Waals surface area contributed by atoms with Crippen LogP contribution in [0, 0.1) is 5.41 Å². The van der Waals surface area contributed by atoms with E-state index in [4.69, 9.17) is 20.0 Å². The minimum atomic E-state index is -5.08. The highest BCUT2D eigenvalue weighted by Gasteiger charge is 2.43. The molecular formula is C33H35F4N9O3. The number of nitrogens with one attached hydrogen (secondary N) is 3. The Balaban J connectivity index is 0.000000491. The number of halogens is 4. The molecule has 3 aromatic heterocycles. The van der Waals surface area contributed by atoms with E-state index >= 15 is 0 Å². The lowest BCUT2D eigenvalue weighted by molar-refractivity contribution is -0.192. The fraction of sp³-hybridized carbons (Fsp3) is 0.424. The molecule has 1 aromatic carbocycles. The molecule has 2 atom stereocenters. The van der Waals surface area contributed by atoms with E-state index in [1.165, 1.54) is 30.3 Å². The number of piperidine rings is 1. The fourth-order valence-corrected chi connectivity index (χ4v) is 6.85. The number of fused-ring (bicyclic) bond motifs is 2. The zero-order valence-electron chi connectivity index (χ0n) is 26.6. The van der Waals surface area contributed by atoms with E-state index in [2.05, 4.69) is 61.1 Å². The van der Waals surface area contributed by atoms with E-state index in [0.717, 1.165) is 61.8 Å². The van der Waals surface area contributed by atoms with Crippen molar-refractivity contribution in [2.45, 2.75) is 44.1 Å². The molecule has 6 heterocycles. The molecule has 258 valence electrons. The number of carboxylic acids is 1. The number of aliphatic carboxylic acids is 1. The van der Waals surface area contributed by atoms with Gasteiger partial charge in [-0.25, -0.2) is 18.7 Å². The van der Waals surface area contributed by atoms with Crippen LogP contribution in [-0.2, 0) is 11.2 Å². The van der Waals surface area contributed by atoms with Crippen molar-refractivity contribution in [3.05, 3.63) is 60.0 Å². The summed E-state index contributed by atoms with van der Waals surface area (Å²) in [6.45, 7) is 5.24. The van der Waals surface area contributed by atoms with E-state index in [-0.39, 0.29) is 11.6 Å². The number of carbonyl (C=O) groups is 2. The Kier molecular flexibility index (Phi) is 8.29. The van der Waals surface area contributed by atoms with Crippen LogP contribution in [0.3, 0.4) is 0 Å². The molecule has 1 saturated carbocycles. The Bertz CT molecular complexity index is 1880. The van der Waals surface area contributed by atoms with E-state index in [1.807, 2.05) is 19.3 Å². The summed E-state index contributed by atoms with van der Waals surface area (Å²) >= 11 is 0. The van der Waals surface area contributed by atoms with Gasteiger partial charge < -0.3 is 30.9 Å². The van der Waals surface area contributed by atoms with Gasteiger partial charge in [0, 0.05) is 55.8 Å². The summed E-state index contributed by atoms with van der Waals surface area (Å²) in [5.74, 6) is -2.42. The molecule has 0 unspecified atom stereocenters. The average Bonchev–Trinajstić information content (AvgIpc) is 3.42. The van der Waals surface area contributed by atoms with E-state index in [1.54, 1.807) is 4.52 Å². The molecule has 3 fully saturated rings. The summed E-state index contributed by atoms with van der Waals surface area (Å²) in [5, 5.41) is 21.4. The molecule has 3 aliphatic heterocycles. The van der Waals surface area contributed by atoms with Gasteiger partial charge in [0.05, 0.1) is 35.5 Å². The van der Waals surface area contributed by atoms with Gasteiger partial charge in [-0.1, -0.05) is 12.1 Å². The molecule has 1 aliphatic carbocycles. The van der Waals surface area contributed by atoms with Crippen LogP contribution in [0.15, 0.2) is 48.8 Å². The van der Waals surface area contributed by atoms with Crippen LogP contribution < -0.4 is 25.8 Å². The SMILES string of the molecule is CNc1cc(N2CCc3c(-c4ccc(N5CC6(CCNCC6)C5)cn4)cccc32)nn2c(C(=O)N[C@@H]3C[C@@H]3F)cnc12.O=C(O)C(F)(F)F. The summed E-state index contributed by atoms with van der Waals surface area (Å²) in [4.78, 5) is 35.7. The van der Waals surface area contributed by atoms with Crippen molar-refractivity contribution in [2.75, 3.05) is 54.9 Å². The van der Waals surface area contributed by atoms with Crippen LogP contribution in [0.4, 0.5) is 40.4 Å².